The van der Waals surface area contributed by atoms with Crippen LogP contribution in [-0.4, -0.2) is 5.34 Å². The Morgan fingerprint density at radius 3 is 1.06 bits per heavy atom. The van der Waals surface area contributed by atoms with E-state index in [0.717, 1.165) is 0 Å². The van der Waals surface area contributed by atoms with Crippen molar-refractivity contribution in [1.82, 2.24) is 0 Å². The van der Waals surface area contributed by atoms with Gasteiger partial charge in [0.2, 0.25) is 0 Å². The molecule has 3 rings (SSSR count). The zero-order valence-corrected chi connectivity index (χ0v) is 10.7. The van der Waals surface area contributed by atoms with E-state index in [4.69, 9.17) is 23.2 Å². The first kappa shape index (κ1) is 12.2. The standard InChI is InChI=1S/C14H10.CH2Cl2/c1-2-6-12-10-14-8-4-3-7-13(14)9-11(12)5-1;2-1-3/h1-10H;1H2. The third-order valence-electron chi connectivity index (χ3n) is 2.61. The first-order valence-electron chi connectivity index (χ1n) is 5.34. The summed E-state index contributed by atoms with van der Waals surface area (Å²) in [5, 5.41) is 5.44. The summed E-state index contributed by atoms with van der Waals surface area (Å²) < 4.78 is 0. The summed E-state index contributed by atoms with van der Waals surface area (Å²) in [5.74, 6) is 0. The average molecular weight is 263 g/mol. The molecule has 0 aliphatic rings. The Hall–Kier alpha value is -1.24. The highest BCUT2D eigenvalue weighted by atomic mass is 35.5. The number of benzene rings is 3. The van der Waals surface area contributed by atoms with Gasteiger partial charge in [0.25, 0.3) is 0 Å². The van der Waals surface area contributed by atoms with Crippen LogP contribution in [0.3, 0.4) is 0 Å². The first-order chi connectivity index (χ1) is 8.35. The van der Waals surface area contributed by atoms with Crippen molar-refractivity contribution < 1.29 is 0 Å². The van der Waals surface area contributed by atoms with Crippen molar-refractivity contribution in [2.75, 3.05) is 5.34 Å². The van der Waals surface area contributed by atoms with E-state index in [-0.39, 0.29) is 5.34 Å². The van der Waals surface area contributed by atoms with Crippen LogP contribution in [0.15, 0.2) is 60.7 Å². The van der Waals surface area contributed by atoms with Gasteiger partial charge < -0.3 is 0 Å². The largest absolute Gasteiger partial charge is 0.109 e. The van der Waals surface area contributed by atoms with Crippen molar-refractivity contribution in [1.29, 1.82) is 0 Å². The lowest BCUT2D eigenvalue weighted by atomic mass is 10.0. The normalized spacial score (nSPS) is 10.0. The van der Waals surface area contributed by atoms with Gasteiger partial charge >= 0.3 is 0 Å². The fraction of sp³-hybridized carbons (Fsp3) is 0.0667. The molecule has 0 heterocycles. The van der Waals surface area contributed by atoms with Crippen LogP contribution in [0.25, 0.3) is 21.5 Å². The number of hydrogen-bond acceptors (Lipinski definition) is 0. The maximum atomic E-state index is 4.76. The zero-order valence-electron chi connectivity index (χ0n) is 9.24. The van der Waals surface area contributed by atoms with Crippen LogP contribution >= 0.6 is 23.2 Å². The van der Waals surface area contributed by atoms with Gasteiger partial charge in [0, 0.05) is 0 Å². The molecule has 0 unspecified atom stereocenters. The summed E-state index contributed by atoms with van der Waals surface area (Å²) in [6.45, 7) is 0. The summed E-state index contributed by atoms with van der Waals surface area (Å²) in [7, 11) is 0. The molecule has 0 amide bonds. The SMILES string of the molecule is ClCCl.c1ccc2cc3ccccc3cc2c1. The number of fused-ring (bicyclic) bond motifs is 2. The molecule has 0 atom stereocenters. The van der Waals surface area contributed by atoms with E-state index in [1.54, 1.807) is 0 Å². The minimum atomic E-state index is 0.194. The molecule has 0 fully saturated rings. The van der Waals surface area contributed by atoms with E-state index in [9.17, 15) is 0 Å². The Kier molecular flexibility index (Phi) is 4.24. The first-order valence-corrected chi connectivity index (χ1v) is 6.41. The highest BCUT2D eigenvalue weighted by Crippen LogP contribution is 2.21. The van der Waals surface area contributed by atoms with E-state index in [1.807, 2.05) is 0 Å². The van der Waals surface area contributed by atoms with Crippen molar-refractivity contribution in [3.63, 3.8) is 0 Å². The predicted octanol–water partition coefficient (Wildman–Crippen LogP) is 5.41. The van der Waals surface area contributed by atoms with Crippen molar-refractivity contribution in [3.05, 3.63) is 60.7 Å². The smallest absolute Gasteiger partial charge is 0.0967 e. The molecule has 86 valence electrons. The number of halogens is 2. The third kappa shape index (κ3) is 2.91. The van der Waals surface area contributed by atoms with Crippen LogP contribution in [0.4, 0.5) is 0 Å². The Morgan fingerprint density at radius 1 is 0.588 bits per heavy atom. The van der Waals surface area contributed by atoms with Gasteiger partial charge in [0.1, 0.15) is 0 Å². The minimum absolute atomic E-state index is 0.194. The van der Waals surface area contributed by atoms with E-state index in [1.165, 1.54) is 21.5 Å². The minimum Gasteiger partial charge on any atom is -0.109 e. The summed E-state index contributed by atoms with van der Waals surface area (Å²) >= 11 is 9.53. The van der Waals surface area contributed by atoms with Crippen molar-refractivity contribution in [2.45, 2.75) is 0 Å². The Morgan fingerprint density at radius 2 is 0.824 bits per heavy atom. The van der Waals surface area contributed by atoms with Crippen LogP contribution < -0.4 is 0 Å². The number of rotatable bonds is 0. The van der Waals surface area contributed by atoms with Gasteiger partial charge in [-0.15, -0.1) is 23.2 Å². The Labute approximate surface area is 111 Å². The third-order valence-corrected chi connectivity index (χ3v) is 2.61. The predicted molar refractivity (Wildman–Crippen MR) is 78.0 cm³/mol. The summed E-state index contributed by atoms with van der Waals surface area (Å²) in [5.41, 5.74) is 0. The number of hydrogen-bond donors (Lipinski definition) is 0. The molecule has 0 aliphatic heterocycles. The van der Waals surface area contributed by atoms with Crippen molar-refractivity contribution in [3.8, 4) is 0 Å². The molecule has 0 nitrogen and oxygen atoms in total. The highest BCUT2D eigenvalue weighted by molar-refractivity contribution is 6.40. The van der Waals surface area contributed by atoms with Gasteiger partial charge in [-0.2, -0.15) is 0 Å². The van der Waals surface area contributed by atoms with Gasteiger partial charge in [-0.25, -0.2) is 0 Å². The summed E-state index contributed by atoms with van der Waals surface area (Å²) in [6.07, 6.45) is 0. The molecule has 0 aromatic heterocycles. The Bertz CT molecular complexity index is 512. The van der Waals surface area contributed by atoms with E-state index >= 15 is 0 Å². The second-order valence-electron chi connectivity index (χ2n) is 3.65. The zero-order chi connectivity index (χ0) is 12.1. The van der Waals surface area contributed by atoms with E-state index in [2.05, 4.69) is 60.7 Å². The van der Waals surface area contributed by atoms with Crippen molar-refractivity contribution in [2.24, 2.45) is 0 Å². The van der Waals surface area contributed by atoms with Crippen molar-refractivity contribution >= 4 is 44.7 Å². The Balaban J connectivity index is 0.000000329. The molecule has 0 saturated carbocycles. The van der Waals surface area contributed by atoms with Gasteiger partial charge in [0.15, 0.2) is 0 Å². The maximum absolute atomic E-state index is 4.76. The quantitative estimate of drug-likeness (QED) is 0.375. The molecule has 17 heavy (non-hydrogen) atoms. The topological polar surface area (TPSA) is 0 Å². The lowest BCUT2D eigenvalue weighted by molar-refractivity contribution is 1.76. The fourth-order valence-corrected chi connectivity index (χ4v) is 1.88. The summed E-state index contributed by atoms with van der Waals surface area (Å²) in [4.78, 5) is 0. The van der Waals surface area contributed by atoms with E-state index < -0.39 is 0 Å². The molecule has 0 radical (unpaired) electrons. The molecular weight excluding hydrogens is 251 g/mol. The molecule has 3 aromatic carbocycles. The molecule has 2 heteroatoms. The lowest BCUT2D eigenvalue weighted by Gasteiger charge is -2.00. The van der Waals surface area contributed by atoms with Gasteiger partial charge in [-0.05, 0) is 33.7 Å². The van der Waals surface area contributed by atoms with Crippen LogP contribution in [0.2, 0.25) is 0 Å². The molecule has 0 spiro atoms. The van der Waals surface area contributed by atoms with Gasteiger partial charge in [-0.3, -0.25) is 0 Å². The monoisotopic (exact) mass is 262 g/mol. The molecule has 0 aliphatic carbocycles. The van der Waals surface area contributed by atoms with Gasteiger partial charge in [0.05, 0.1) is 5.34 Å². The van der Waals surface area contributed by atoms with Crippen LogP contribution in [0.1, 0.15) is 0 Å². The highest BCUT2D eigenvalue weighted by Gasteiger charge is 1.95. The lowest BCUT2D eigenvalue weighted by Crippen LogP contribution is -1.74. The van der Waals surface area contributed by atoms with Crippen LogP contribution in [0, 0.1) is 0 Å². The average Bonchev–Trinajstić information content (AvgIpc) is 2.37. The fourth-order valence-electron chi connectivity index (χ4n) is 1.88. The second kappa shape index (κ2) is 5.90. The molecule has 0 N–H and O–H groups in total. The maximum Gasteiger partial charge on any atom is 0.0967 e. The van der Waals surface area contributed by atoms with E-state index in [0.29, 0.717) is 0 Å². The van der Waals surface area contributed by atoms with Crippen LogP contribution in [0.5, 0.6) is 0 Å². The summed E-state index contributed by atoms with van der Waals surface area (Å²) in [6, 6.07) is 21.4. The number of alkyl halides is 2. The second-order valence-corrected chi connectivity index (χ2v) is 4.46. The van der Waals surface area contributed by atoms with Crippen LogP contribution in [-0.2, 0) is 0 Å². The molecular formula is C15H12Cl2. The molecule has 0 bridgehead atoms. The molecule has 3 aromatic rings. The molecule has 0 saturated heterocycles. The van der Waals surface area contributed by atoms with Gasteiger partial charge in [-0.1, -0.05) is 48.5 Å².